The van der Waals surface area contributed by atoms with Crippen molar-refractivity contribution in [2.45, 2.75) is 110 Å². The zero-order valence-electron chi connectivity index (χ0n) is 21.9. The van der Waals surface area contributed by atoms with Gasteiger partial charge < -0.3 is 20.1 Å². The molecule has 0 radical (unpaired) electrons. The fraction of sp³-hybridized carbons (Fsp3) is 0.679. The third kappa shape index (κ3) is 6.98. The number of nitrogens with zero attached hydrogens (tertiary/aromatic N) is 1. The Morgan fingerprint density at radius 2 is 1.86 bits per heavy atom. The molecule has 0 bridgehead atoms. The standard InChI is InChI=1S/C28H42N2O5/c1-7-28(5,6)15-19-12-22(13-19)27-25(20-8-9-20)26(30-35-27)21(10-11-24(33)34)14-23(32)29-17(3)16(2)18(4)31/h19-22,31H,3,7-15H2,1-2,4-6H3,(H,29,32)(H,33,34)/b18-16+. The molecule has 194 valence electrons. The number of carboxylic acid groups (broad SMARTS) is 1. The van der Waals surface area contributed by atoms with Gasteiger partial charge in [-0.15, -0.1) is 0 Å². The molecule has 3 rings (SSSR count). The Labute approximate surface area is 209 Å². The number of amides is 1. The maximum atomic E-state index is 12.8. The molecule has 1 aromatic rings. The van der Waals surface area contributed by atoms with E-state index >= 15 is 0 Å². The summed E-state index contributed by atoms with van der Waals surface area (Å²) in [6, 6.07) is 0. The quantitative estimate of drug-likeness (QED) is 0.211. The van der Waals surface area contributed by atoms with Crippen LogP contribution in [-0.2, 0) is 9.59 Å². The normalized spacial score (nSPS) is 21.6. The Morgan fingerprint density at radius 3 is 2.40 bits per heavy atom. The van der Waals surface area contributed by atoms with Crippen LogP contribution in [0.3, 0.4) is 0 Å². The minimum Gasteiger partial charge on any atom is -0.512 e. The number of aliphatic hydroxyl groups excluding tert-OH is 1. The number of aliphatic hydroxyl groups is 1. The third-order valence-electron chi connectivity index (χ3n) is 7.99. The molecular weight excluding hydrogens is 444 g/mol. The summed E-state index contributed by atoms with van der Waals surface area (Å²) in [5.74, 6) is 0.990. The zero-order chi connectivity index (χ0) is 25.9. The molecule has 1 unspecified atom stereocenters. The van der Waals surface area contributed by atoms with Crippen LogP contribution < -0.4 is 5.32 Å². The summed E-state index contributed by atoms with van der Waals surface area (Å²) in [6.45, 7) is 14.0. The van der Waals surface area contributed by atoms with Gasteiger partial charge in [-0.2, -0.15) is 0 Å². The van der Waals surface area contributed by atoms with Crippen LogP contribution in [0.2, 0.25) is 0 Å². The predicted octanol–water partition coefficient (Wildman–Crippen LogP) is 6.69. The highest BCUT2D eigenvalue weighted by Gasteiger charge is 2.42. The first kappa shape index (κ1) is 27.0. The van der Waals surface area contributed by atoms with E-state index in [1.54, 1.807) is 6.92 Å². The van der Waals surface area contributed by atoms with Crippen molar-refractivity contribution in [2.75, 3.05) is 0 Å². The molecule has 0 spiro atoms. The van der Waals surface area contributed by atoms with Crippen molar-refractivity contribution < 1.29 is 24.3 Å². The molecule has 0 aliphatic heterocycles. The predicted molar refractivity (Wildman–Crippen MR) is 135 cm³/mol. The highest BCUT2D eigenvalue weighted by Crippen LogP contribution is 2.53. The van der Waals surface area contributed by atoms with E-state index in [0.717, 1.165) is 42.7 Å². The molecule has 7 heteroatoms. The molecule has 7 nitrogen and oxygen atoms in total. The Morgan fingerprint density at radius 1 is 1.20 bits per heavy atom. The molecule has 3 N–H and O–H groups in total. The monoisotopic (exact) mass is 486 g/mol. The lowest BCUT2D eigenvalue weighted by molar-refractivity contribution is -0.137. The number of aliphatic carboxylic acids is 1. The van der Waals surface area contributed by atoms with Gasteiger partial charge in [0.05, 0.1) is 11.5 Å². The van der Waals surface area contributed by atoms with Crippen molar-refractivity contribution in [3.05, 3.63) is 40.6 Å². The number of nitrogens with one attached hydrogen (secondary N) is 1. The minimum absolute atomic E-state index is 0.0442. The average Bonchev–Trinajstić information content (AvgIpc) is 3.51. The Bertz CT molecular complexity index is 975. The van der Waals surface area contributed by atoms with E-state index in [-0.39, 0.29) is 30.4 Å². The first-order chi connectivity index (χ1) is 16.4. The first-order valence-electron chi connectivity index (χ1n) is 13.0. The lowest BCUT2D eigenvalue weighted by Gasteiger charge is -2.39. The highest BCUT2D eigenvalue weighted by atomic mass is 16.5. The van der Waals surface area contributed by atoms with Crippen LogP contribution in [-0.4, -0.2) is 27.2 Å². The highest BCUT2D eigenvalue weighted by molar-refractivity contribution is 5.79. The van der Waals surface area contributed by atoms with Crippen molar-refractivity contribution in [3.8, 4) is 0 Å². The van der Waals surface area contributed by atoms with Gasteiger partial charge in [-0.1, -0.05) is 38.9 Å². The number of rotatable bonds is 13. The maximum absolute atomic E-state index is 12.8. The van der Waals surface area contributed by atoms with Crippen LogP contribution in [0.4, 0.5) is 0 Å². The summed E-state index contributed by atoms with van der Waals surface area (Å²) in [4.78, 5) is 24.2. The van der Waals surface area contributed by atoms with Gasteiger partial charge in [0.25, 0.3) is 0 Å². The number of hydrogen-bond acceptors (Lipinski definition) is 5. The SMILES string of the molecule is C=C(NC(=O)CC(CCC(=O)O)c1noc(C2CC(CC(C)(C)CC)C2)c1C1CC1)/C(C)=C(\C)O. The van der Waals surface area contributed by atoms with Gasteiger partial charge >= 0.3 is 5.97 Å². The molecule has 2 aliphatic rings. The van der Waals surface area contributed by atoms with Gasteiger partial charge in [0.15, 0.2) is 0 Å². The molecule has 0 saturated heterocycles. The number of carbonyl (C=O) groups is 2. The van der Waals surface area contributed by atoms with E-state index in [0.29, 0.717) is 40.9 Å². The van der Waals surface area contributed by atoms with Gasteiger partial charge in [-0.25, -0.2) is 0 Å². The van der Waals surface area contributed by atoms with Crippen molar-refractivity contribution in [1.82, 2.24) is 10.5 Å². The molecule has 2 saturated carbocycles. The number of allylic oxidation sites excluding steroid dienone is 2. The summed E-state index contributed by atoms with van der Waals surface area (Å²) < 4.78 is 5.94. The lowest BCUT2D eigenvalue weighted by atomic mass is 9.66. The van der Waals surface area contributed by atoms with Crippen molar-refractivity contribution in [1.29, 1.82) is 0 Å². The second-order valence-corrected chi connectivity index (χ2v) is 11.4. The summed E-state index contributed by atoms with van der Waals surface area (Å²) in [5, 5.41) is 26.2. The van der Waals surface area contributed by atoms with Crippen LogP contribution >= 0.6 is 0 Å². The maximum Gasteiger partial charge on any atom is 0.303 e. The zero-order valence-corrected chi connectivity index (χ0v) is 21.9. The lowest BCUT2D eigenvalue weighted by Crippen LogP contribution is -2.27. The van der Waals surface area contributed by atoms with E-state index in [9.17, 15) is 19.8 Å². The Balaban J connectivity index is 1.76. The topological polar surface area (TPSA) is 113 Å². The fourth-order valence-electron chi connectivity index (χ4n) is 5.12. The van der Waals surface area contributed by atoms with Gasteiger partial charge in [0, 0.05) is 41.5 Å². The van der Waals surface area contributed by atoms with E-state index < -0.39 is 5.97 Å². The average molecular weight is 487 g/mol. The Hall–Kier alpha value is -2.57. The largest absolute Gasteiger partial charge is 0.512 e. The van der Waals surface area contributed by atoms with Crippen LogP contribution in [0.5, 0.6) is 0 Å². The molecule has 1 heterocycles. The number of carbonyl (C=O) groups excluding carboxylic acids is 1. The number of carboxylic acids is 1. The fourth-order valence-corrected chi connectivity index (χ4v) is 5.12. The Kier molecular flexibility index (Phi) is 8.50. The van der Waals surface area contributed by atoms with Crippen molar-refractivity contribution in [3.63, 3.8) is 0 Å². The minimum atomic E-state index is -0.897. The van der Waals surface area contributed by atoms with E-state index in [1.165, 1.54) is 19.8 Å². The van der Waals surface area contributed by atoms with E-state index in [1.807, 2.05) is 0 Å². The second kappa shape index (κ2) is 11.0. The van der Waals surface area contributed by atoms with E-state index in [2.05, 4.69) is 37.8 Å². The van der Waals surface area contributed by atoms with Crippen LogP contribution in [0.15, 0.2) is 28.1 Å². The van der Waals surface area contributed by atoms with Gasteiger partial charge in [-0.3, -0.25) is 9.59 Å². The van der Waals surface area contributed by atoms with Gasteiger partial charge in [-0.05, 0) is 69.6 Å². The molecule has 2 fully saturated rings. The van der Waals surface area contributed by atoms with Crippen molar-refractivity contribution >= 4 is 11.9 Å². The molecule has 1 atom stereocenters. The molecule has 1 amide bonds. The molecule has 1 aromatic heterocycles. The van der Waals surface area contributed by atoms with Gasteiger partial charge in [0.1, 0.15) is 5.76 Å². The molecule has 0 aromatic carbocycles. The molecular formula is C28H42N2O5. The van der Waals surface area contributed by atoms with E-state index in [4.69, 9.17) is 4.52 Å². The second-order valence-electron chi connectivity index (χ2n) is 11.4. The number of aromatic nitrogens is 1. The molecule has 2 aliphatic carbocycles. The summed E-state index contributed by atoms with van der Waals surface area (Å²) >= 11 is 0. The molecule has 35 heavy (non-hydrogen) atoms. The van der Waals surface area contributed by atoms with Crippen molar-refractivity contribution in [2.24, 2.45) is 11.3 Å². The summed E-state index contributed by atoms with van der Waals surface area (Å²) in [5.41, 5.74) is 3.09. The smallest absolute Gasteiger partial charge is 0.303 e. The first-order valence-corrected chi connectivity index (χ1v) is 13.0. The summed E-state index contributed by atoms with van der Waals surface area (Å²) in [6.07, 6.45) is 7.10. The van der Waals surface area contributed by atoms with Crippen LogP contribution in [0.25, 0.3) is 0 Å². The van der Waals surface area contributed by atoms with Gasteiger partial charge in [0.2, 0.25) is 5.91 Å². The number of hydrogen-bond donors (Lipinski definition) is 3. The van der Waals surface area contributed by atoms with Crippen LogP contribution in [0, 0.1) is 11.3 Å². The third-order valence-corrected chi connectivity index (χ3v) is 7.99. The summed E-state index contributed by atoms with van der Waals surface area (Å²) in [7, 11) is 0. The van der Waals surface area contributed by atoms with Crippen LogP contribution in [0.1, 0.15) is 127 Å².